The summed E-state index contributed by atoms with van der Waals surface area (Å²) in [5.41, 5.74) is -2.22. The molecule has 26 heavy (non-hydrogen) atoms. The standard InChI is InChI=1S/C14H9Cl3F3N3O2S/c1-5(12(25)23-11-7(16)2-6(15)3-8(11)17)26-13-21-9(14(18,19)20)4-10(24)22-13/h2-5H,1H3,(H,23,25)(H,21,22,24). The van der Waals surface area contributed by atoms with E-state index >= 15 is 0 Å². The molecule has 2 N–H and O–H groups in total. The number of carbonyl (C=O) groups is 1. The van der Waals surface area contributed by atoms with Crippen LogP contribution < -0.4 is 10.9 Å². The van der Waals surface area contributed by atoms with Crippen LogP contribution in [-0.4, -0.2) is 21.1 Å². The molecular weight excluding hydrogens is 438 g/mol. The number of hydrogen-bond donors (Lipinski definition) is 2. The first-order valence-electron chi connectivity index (χ1n) is 6.78. The molecular formula is C14H9Cl3F3N3O2S. The number of nitrogens with one attached hydrogen (secondary N) is 2. The van der Waals surface area contributed by atoms with Crippen LogP contribution in [-0.2, 0) is 11.0 Å². The summed E-state index contributed by atoms with van der Waals surface area (Å²) in [7, 11) is 0. The Morgan fingerprint density at radius 3 is 2.35 bits per heavy atom. The Morgan fingerprint density at radius 1 is 1.23 bits per heavy atom. The van der Waals surface area contributed by atoms with Gasteiger partial charge in [0.05, 0.1) is 21.0 Å². The number of aromatic amines is 1. The minimum absolute atomic E-state index is 0.0960. The molecule has 1 heterocycles. The van der Waals surface area contributed by atoms with Crippen LogP contribution in [0.1, 0.15) is 12.6 Å². The van der Waals surface area contributed by atoms with Crippen molar-refractivity contribution in [3.63, 3.8) is 0 Å². The van der Waals surface area contributed by atoms with E-state index in [0.29, 0.717) is 17.8 Å². The van der Waals surface area contributed by atoms with Gasteiger partial charge in [-0.15, -0.1) is 0 Å². The third kappa shape index (κ3) is 5.29. The Hall–Kier alpha value is -1.42. The fraction of sp³-hybridized carbons (Fsp3) is 0.214. The van der Waals surface area contributed by atoms with E-state index in [1.54, 1.807) is 0 Å². The molecule has 140 valence electrons. The van der Waals surface area contributed by atoms with Crippen LogP contribution in [0.3, 0.4) is 0 Å². The highest BCUT2D eigenvalue weighted by Crippen LogP contribution is 2.34. The number of thioether (sulfide) groups is 1. The number of amides is 1. The highest BCUT2D eigenvalue weighted by molar-refractivity contribution is 8.00. The summed E-state index contributed by atoms with van der Waals surface area (Å²) >= 11 is 18.3. The minimum atomic E-state index is -4.78. The van der Waals surface area contributed by atoms with Crippen molar-refractivity contribution in [2.75, 3.05) is 5.32 Å². The molecule has 1 atom stereocenters. The van der Waals surface area contributed by atoms with Gasteiger partial charge in [-0.2, -0.15) is 13.2 Å². The molecule has 1 aromatic carbocycles. The van der Waals surface area contributed by atoms with Crippen LogP contribution in [0.5, 0.6) is 0 Å². The van der Waals surface area contributed by atoms with Gasteiger partial charge in [-0.3, -0.25) is 9.59 Å². The van der Waals surface area contributed by atoms with E-state index in [1.165, 1.54) is 19.1 Å². The molecule has 12 heteroatoms. The van der Waals surface area contributed by atoms with Crippen molar-refractivity contribution in [3.05, 3.63) is 49.3 Å². The smallest absolute Gasteiger partial charge is 0.323 e. The third-order valence-corrected chi connectivity index (χ3v) is 4.72. The van der Waals surface area contributed by atoms with Gasteiger partial charge in [-0.1, -0.05) is 46.6 Å². The van der Waals surface area contributed by atoms with Crippen LogP contribution in [0.2, 0.25) is 15.1 Å². The Balaban J connectivity index is 2.18. The first-order valence-corrected chi connectivity index (χ1v) is 8.79. The number of aromatic nitrogens is 2. The average molecular weight is 447 g/mol. The summed E-state index contributed by atoms with van der Waals surface area (Å²) in [6.45, 7) is 1.41. The predicted octanol–water partition coefficient (Wildman–Crippen LogP) is 4.87. The van der Waals surface area contributed by atoms with E-state index in [9.17, 15) is 22.8 Å². The number of benzene rings is 1. The average Bonchev–Trinajstić information content (AvgIpc) is 2.49. The second kappa shape index (κ2) is 8.08. The van der Waals surface area contributed by atoms with Crippen molar-refractivity contribution >= 4 is 58.2 Å². The van der Waals surface area contributed by atoms with Gasteiger partial charge in [0.1, 0.15) is 0 Å². The van der Waals surface area contributed by atoms with Crippen molar-refractivity contribution in [2.24, 2.45) is 0 Å². The van der Waals surface area contributed by atoms with Crippen LogP contribution in [0.25, 0.3) is 0 Å². The molecule has 0 bridgehead atoms. The fourth-order valence-electron chi connectivity index (χ4n) is 1.74. The zero-order valence-corrected chi connectivity index (χ0v) is 15.8. The lowest BCUT2D eigenvalue weighted by Crippen LogP contribution is -2.24. The number of anilines is 1. The maximum Gasteiger partial charge on any atom is 0.433 e. The van der Waals surface area contributed by atoms with E-state index in [1.807, 2.05) is 0 Å². The Kier molecular flexibility index (Phi) is 6.49. The van der Waals surface area contributed by atoms with E-state index in [-0.39, 0.29) is 25.9 Å². The lowest BCUT2D eigenvalue weighted by Gasteiger charge is -2.14. The summed E-state index contributed by atoms with van der Waals surface area (Å²) in [4.78, 5) is 29.1. The van der Waals surface area contributed by atoms with Crippen LogP contribution in [0.15, 0.2) is 28.2 Å². The molecule has 2 aromatic rings. The van der Waals surface area contributed by atoms with Crippen molar-refractivity contribution in [3.8, 4) is 0 Å². The number of rotatable bonds is 4. The van der Waals surface area contributed by atoms with Crippen molar-refractivity contribution in [2.45, 2.75) is 23.5 Å². The zero-order chi connectivity index (χ0) is 19.6. The first-order chi connectivity index (χ1) is 12.0. The SMILES string of the molecule is CC(Sc1nc(C(F)(F)F)cc(=O)[nH]1)C(=O)Nc1c(Cl)cc(Cl)cc1Cl. The van der Waals surface area contributed by atoms with Gasteiger partial charge in [0, 0.05) is 11.1 Å². The summed E-state index contributed by atoms with van der Waals surface area (Å²) in [6, 6.07) is 3.07. The Labute approximate surface area is 164 Å². The molecule has 2 rings (SSSR count). The van der Waals surface area contributed by atoms with Crippen molar-refractivity contribution in [1.29, 1.82) is 0 Å². The molecule has 1 unspecified atom stereocenters. The third-order valence-electron chi connectivity index (χ3n) is 2.92. The quantitative estimate of drug-likeness (QED) is 0.519. The van der Waals surface area contributed by atoms with E-state index < -0.39 is 28.6 Å². The Bertz CT molecular complexity index is 882. The normalized spacial score (nSPS) is 12.7. The van der Waals surface area contributed by atoms with Crippen LogP contribution in [0.4, 0.5) is 18.9 Å². The number of alkyl halides is 3. The van der Waals surface area contributed by atoms with Gasteiger partial charge in [-0.05, 0) is 19.1 Å². The molecule has 0 radical (unpaired) electrons. The molecule has 0 aliphatic rings. The molecule has 0 saturated carbocycles. The van der Waals surface area contributed by atoms with Gasteiger partial charge in [0.2, 0.25) is 5.91 Å². The number of halogens is 6. The van der Waals surface area contributed by atoms with Gasteiger partial charge in [0.25, 0.3) is 5.56 Å². The Morgan fingerprint density at radius 2 is 1.81 bits per heavy atom. The molecule has 1 aromatic heterocycles. The number of hydrogen-bond acceptors (Lipinski definition) is 4. The van der Waals surface area contributed by atoms with Crippen LogP contribution in [0, 0.1) is 0 Å². The second-order valence-corrected chi connectivity index (χ2v) is 7.51. The van der Waals surface area contributed by atoms with E-state index in [4.69, 9.17) is 34.8 Å². The predicted molar refractivity (Wildman–Crippen MR) is 95.3 cm³/mol. The lowest BCUT2D eigenvalue weighted by atomic mass is 10.3. The highest BCUT2D eigenvalue weighted by Gasteiger charge is 2.33. The van der Waals surface area contributed by atoms with Gasteiger partial charge in [-0.25, -0.2) is 4.98 Å². The second-order valence-electron chi connectivity index (χ2n) is 4.93. The van der Waals surface area contributed by atoms with Gasteiger partial charge in [0.15, 0.2) is 10.9 Å². The maximum atomic E-state index is 12.7. The summed E-state index contributed by atoms with van der Waals surface area (Å²) in [5, 5.41) is 1.66. The van der Waals surface area contributed by atoms with Gasteiger partial charge >= 0.3 is 6.18 Å². The number of carbonyl (C=O) groups excluding carboxylic acids is 1. The molecule has 0 fully saturated rings. The molecule has 5 nitrogen and oxygen atoms in total. The van der Waals surface area contributed by atoms with E-state index in [0.717, 1.165) is 0 Å². The number of nitrogens with zero attached hydrogens (tertiary/aromatic N) is 1. The fourth-order valence-corrected chi connectivity index (χ4v) is 3.47. The maximum absolute atomic E-state index is 12.7. The van der Waals surface area contributed by atoms with E-state index in [2.05, 4.69) is 15.3 Å². The van der Waals surface area contributed by atoms with Crippen molar-refractivity contribution < 1.29 is 18.0 Å². The monoisotopic (exact) mass is 445 g/mol. The summed E-state index contributed by atoms with van der Waals surface area (Å²) in [6.07, 6.45) is -4.78. The molecule has 0 saturated heterocycles. The molecule has 0 spiro atoms. The number of H-pyrrole nitrogens is 1. The largest absolute Gasteiger partial charge is 0.433 e. The summed E-state index contributed by atoms with van der Waals surface area (Å²) < 4.78 is 38.1. The minimum Gasteiger partial charge on any atom is -0.323 e. The highest BCUT2D eigenvalue weighted by atomic mass is 35.5. The topological polar surface area (TPSA) is 74.8 Å². The molecule has 0 aliphatic heterocycles. The van der Waals surface area contributed by atoms with Crippen LogP contribution >= 0.6 is 46.6 Å². The van der Waals surface area contributed by atoms with Crippen molar-refractivity contribution in [1.82, 2.24) is 9.97 Å². The lowest BCUT2D eigenvalue weighted by molar-refractivity contribution is -0.141. The van der Waals surface area contributed by atoms with Gasteiger partial charge < -0.3 is 10.3 Å². The molecule has 1 amide bonds. The summed E-state index contributed by atoms with van der Waals surface area (Å²) in [5.74, 6) is -0.610. The molecule has 0 aliphatic carbocycles. The zero-order valence-electron chi connectivity index (χ0n) is 12.7. The first kappa shape index (κ1) is 20.9.